The largest absolute Gasteiger partial charge is 0.326 e. The lowest BCUT2D eigenvalue weighted by Crippen LogP contribution is -2.07. The predicted octanol–water partition coefficient (Wildman–Crippen LogP) is 2.75. The van der Waals surface area contributed by atoms with Crippen LogP contribution in [0.4, 0.5) is 10.8 Å². The summed E-state index contributed by atoms with van der Waals surface area (Å²) in [6, 6.07) is 7.19. The van der Waals surface area contributed by atoms with Crippen LogP contribution in [0.25, 0.3) is 6.08 Å². The van der Waals surface area contributed by atoms with E-state index in [2.05, 4.69) is 15.6 Å². The van der Waals surface area contributed by atoms with Crippen molar-refractivity contribution in [2.24, 2.45) is 0 Å². The highest BCUT2D eigenvalue weighted by Crippen LogP contribution is 2.12. The number of carbonyl (C=O) groups excluding carboxylic acids is 2. The Labute approximate surface area is 120 Å². The molecule has 102 valence electrons. The Bertz CT molecular complexity index is 618. The molecule has 1 heterocycles. The molecule has 2 rings (SSSR count). The van der Waals surface area contributed by atoms with Crippen LogP contribution >= 0.6 is 11.3 Å². The lowest BCUT2D eigenvalue weighted by atomic mass is 10.2. The number of hydrogen-bond acceptors (Lipinski definition) is 4. The minimum absolute atomic E-state index is 0.115. The summed E-state index contributed by atoms with van der Waals surface area (Å²) >= 11 is 1.36. The first kappa shape index (κ1) is 14.0. The quantitative estimate of drug-likeness (QED) is 0.849. The molecule has 0 aliphatic rings. The number of aromatic nitrogens is 1. The lowest BCUT2D eigenvalue weighted by molar-refractivity contribution is -0.114. The van der Waals surface area contributed by atoms with Crippen molar-refractivity contribution in [3.05, 3.63) is 47.5 Å². The molecule has 5 nitrogen and oxygen atoms in total. The van der Waals surface area contributed by atoms with E-state index < -0.39 is 0 Å². The van der Waals surface area contributed by atoms with Gasteiger partial charge in [0, 0.05) is 30.3 Å². The fourth-order valence-corrected chi connectivity index (χ4v) is 2.02. The molecule has 1 aromatic carbocycles. The molecule has 2 aromatic rings. The third-order valence-electron chi connectivity index (χ3n) is 2.32. The van der Waals surface area contributed by atoms with Gasteiger partial charge in [-0.15, -0.1) is 11.3 Å². The van der Waals surface area contributed by atoms with E-state index in [0.29, 0.717) is 5.13 Å². The van der Waals surface area contributed by atoms with Crippen molar-refractivity contribution in [1.82, 2.24) is 4.98 Å². The van der Waals surface area contributed by atoms with Crippen LogP contribution in [0.15, 0.2) is 41.9 Å². The van der Waals surface area contributed by atoms with Crippen molar-refractivity contribution in [3.63, 3.8) is 0 Å². The van der Waals surface area contributed by atoms with Gasteiger partial charge in [0.1, 0.15) is 0 Å². The average Bonchev–Trinajstić information content (AvgIpc) is 2.90. The first-order chi connectivity index (χ1) is 9.63. The minimum Gasteiger partial charge on any atom is -0.326 e. The zero-order chi connectivity index (χ0) is 14.4. The first-order valence-corrected chi connectivity index (χ1v) is 6.77. The molecule has 1 aromatic heterocycles. The van der Waals surface area contributed by atoms with Crippen molar-refractivity contribution in [1.29, 1.82) is 0 Å². The van der Waals surface area contributed by atoms with Gasteiger partial charge in [-0.25, -0.2) is 4.98 Å². The summed E-state index contributed by atoms with van der Waals surface area (Å²) in [5, 5.41) is 7.69. The highest BCUT2D eigenvalue weighted by Gasteiger charge is 1.99. The van der Waals surface area contributed by atoms with Gasteiger partial charge in [0.25, 0.3) is 0 Å². The Morgan fingerprint density at radius 3 is 2.55 bits per heavy atom. The van der Waals surface area contributed by atoms with E-state index in [-0.39, 0.29) is 11.8 Å². The maximum atomic E-state index is 11.6. The second-order valence-electron chi connectivity index (χ2n) is 3.96. The van der Waals surface area contributed by atoms with Gasteiger partial charge >= 0.3 is 0 Å². The van der Waals surface area contributed by atoms with Crippen molar-refractivity contribution in [3.8, 4) is 0 Å². The van der Waals surface area contributed by atoms with Gasteiger partial charge < -0.3 is 5.32 Å². The van der Waals surface area contributed by atoms with E-state index in [1.54, 1.807) is 29.8 Å². The molecular formula is C14H13N3O2S. The second kappa shape index (κ2) is 6.63. The molecule has 0 fully saturated rings. The number of rotatable bonds is 4. The van der Waals surface area contributed by atoms with Crippen LogP contribution < -0.4 is 10.6 Å². The molecule has 20 heavy (non-hydrogen) atoms. The van der Waals surface area contributed by atoms with Crippen molar-refractivity contribution in [2.75, 3.05) is 10.6 Å². The van der Waals surface area contributed by atoms with Crippen LogP contribution in [0.5, 0.6) is 0 Å². The molecule has 0 atom stereocenters. The summed E-state index contributed by atoms with van der Waals surface area (Å²) in [6.45, 7) is 1.46. The van der Waals surface area contributed by atoms with Crippen LogP contribution in [0.3, 0.4) is 0 Å². The molecule has 0 saturated carbocycles. The van der Waals surface area contributed by atoms with Crippen LogP contribution in [0, 0.1) is 0 Å². The monoisotopic (exact) mass is 287 g/mol. The molecule has 6 heteroatoms. The molecule has 0 unspecified atom stereocenters. The Morgan fingerprint density at radius 2 is 1.95 bits per heavy atom. The normalized spacial score (nSPS) is 10.4. The maximum absolute atomic E-state index is 11.6. The summed E-state index contributed by atoms with van der Waals surface area (Å²) in [7, 11) is 0. The zero-order valence-electron chi connectivity index (χ0n) is 10.8. The molecule has 2 amide bonds. The summed E-state index contributed by atoms with van der Waals surface area (Å²) in [6.07, 6.45) is 4.76. The molecule has 0 radical (unpaired) electrons. The lowest BCUT2D eigenvalue weighted by Gasteiger charge is -2.01. The van der Waals surface area contributed by atoms with E-state index in [1.807, 2.05) is 12.1 Å². The molecular weight excluding hydrogens is 274 g/mol. The number of hydrogen-bond donors (Lipinski definition) is 2. The highest BCUT2D eigenvalue weighted by atomic mass is 32.1. The van der Waals surface area contributed by atoms with Crippen molar-refractivity contribution < 1.29 is 9.59 Å². The van der Waals surface area contributed by atoms with Crippen LogP contribution in [0.2, 0.25) is 0 Å². The highest BCUT2D eigenvalue weighted by molar-refractivity contribution is 7.13. The van der Waals surface area contributed by atoms with Gasteiger partial charge in [0.05, 0.1) is 0 Å². The summed E-state index contributed by atoms with van der Waals surface area (Å²) < 4.78 is 0. The van der Waals surface area contributed by atoms with Crippen molar-refractivity contribution in [2.45, 2.75) is 6.92 Å². The van der Waals surface area contributed by atoms with Crippen LogP contribution in [-0.2, 0) is 9.59 Å². The molecule has 0 saturated heterocycles. The molecule has 0 aliphatic heterocycles. The Kier molecular flexibility index (Phi) is 4.62. The van der Waals surface area contributed by atoms with E-state index in [4.69, 9.17) is 0 Å². The van der Waals surface area contributed by atoms with E-state index in [0.717, 1.165) is 11.3 Å². The fourth-order valence-electron chi connectivity index (χ4n) is 1.48. The third kappa shape index (κ3) is 4.33. The molecule has 0 spiro atoms. The van der Waals surface area contributed by atoms with Gasteiger partial charge in [-0.3, -0.25) is 14.9 Å². The number of nitrogens with zero attached hydrogens (tertiary/aromatic N) is 1. The second-order valence-corrected chi connectivity index (χ2v) is 4.86. The Hall–Kier alpha value is -2.47. The SMILES string of the molecule is CC(=O)Nc1ccc(/C=C/C(=O)Nc2nccs2)cc1. The van der Waals surface area contributed by atoms with E-state index in [1.165, 1.54) is 24.3 Å². The maximum Gasteiger partial charge on any atom is 0.250 e. The Morgan fingerprint density at radius 1 is 1.20 bits per heavy atom. The molecule has 2 N–H and O–H groups in total. The van der Waals surface area contributed by atoms with Gasteiger partial charge in [0.2, 0.25) is 11.8 Å². The summed E-state index contributed by atoms with van der Waals surface area (Å²) in [4.78, 5) is 26.5. The van der Waals surface area contributed by atoms with Crippen LogP contribution in [-0.4, -0.2) is 16.8 Å². The number of thiazole rings is 1. The average molecular weight is 287 g/mol. The summed E-state index contributed by atoms with van der Waals surface area (Å²) in [5.74, 6) is -0.345. The van der Waals surface area contributed by atoms with Gasteiger partial charge in [-0.1, -0.05) is 12.1 Å². The van der Waals surface area contributed by atoms with Crippen molar-refractivity contribution >= 4 is 40.0 Å². The van der Waals surface area contributed by atoms with Gasteiger partial charge in [0.15, 0.2) is 5.13 Å². The smallest absolute Gasteiger partial charge is 0.250 e. The molecule has 0 aliphatic carbocycles. The van der Waals surface area contributed by atoms with Crippen LogP contribution in [0.1, 0.15) is 12.5 Å². The molecule has 0 bridgehead atoms. The minimum atomic E-state index is -0.231. The number of nitrogens with one attached hydrogen (secondary N) is 2. The number of benzene rings is 1. The first-order valence-electron chi connectivity index (χ1n) is 5.90. The topological polar surface area (TPSA) is 71.1 Å². The van der Waals surface area contributed by atoms with Gasteiger partial charge in [-0.2, -0.15) is 0 Å². The fraction of sp³-hybridized carbons (Fsp3) is 0.0714. The number of anilines is 2. The number of carbonyl (C=O) groups is 2. The van der Waals surface area contributed by atoms with E-state index in [9.17, 15) is 9.59 Å². The number of amides is 2. The van der Waals surface area contributed by atoms with Gasteiger partial charge in [-0.05, 0) is 23.8 Å². The standard InChI is InChI=1S/C14H13N3O2S/c1-10(18)16-12-5-2-11(3-6-12)4-7-13(19)17-14-15-8-9-20-14/h2-9H,1H3,(H,16,18)(H,15,17,19)/b7-4+. The summed E-state index contributed by atoms with van der Waals surface area (Å²) in [5.41, 5.74) is 1.59. The predicted molar refractivity (Wildman–Crippen MR) is 80.5 cm³/mol. The Balaban J connectivity index is 1.93. The van der Waals surface area contributed by atoms with E-state index >= 15 is 0 Å². The third-order valence-corrected chi connectivity index (χ3v) is 3.01. The zero-order valence-corrected chi connectivity index (χ0v) is 11.6.